The van der Waals surface area contributed by atoms with E-state index in [1.807, 2.05) is 26.8 Å². The zero-order valence-corrected chi connectivity index (χ0v) is 12.6. The van der Waals surface area contributed by atoms with Crippen LogP contribution in [0, 0.1) is 20.8 Å². The highest BCUT2D eigenvalue weighted by Crippen LogP contribution is 2.25. The lowest BCUT2D eigenvalue weighted by Crippen LogP contribution is -2.12. The lowest BCUT2D eigenvalue weighted by atomic mass is 10.1. The maximum absolute atomic E-state index is 12.1. The van der Waals surface area contributed by atoms with Gasteiger partial charge in [-0.3, -0.25) is 4.79 Å². The molecule has 0 saturated carbocycles. The van der Waals surface area contributed by atoms with Crippen molar-refractivity contribution in [3.63, 3.8) is 0 Å². The molecule has 2 nitrogen and oxygen atoms in total. The van der Waals surface area contributed by atoms with E-state index in [1.54, 1.807) is 24.3 Å². The molecule has 104 valence electrons. The van der Waals surface area contributed by atoms with E-state index < -0.39 is 0 Å². The highest BCUT2D eigenvalue weighted by atomic mass is 35.5. The van der Waals surface area contributed by atoms with Gasteiger partial charge in [0.2, 0.25) is 0 Å². The van der Waals surface area contributed by atoms with Crippen LogP contribution in [-0.4, -0.2) is 12.4 Å². The number of ether oxygens (including phenoxy) is 1. The highest BCUT2D eigenvalue weighted by Gasteiger charge is 2.10. The smallest absolute Gasteiger partial charge is 0.200 e. The summed E-state index contributed by atoms with van der Waals surface area (Å²) >= 11 is 5.81. The average molecular weight is 289 g/mol. The molecule has 0 bridgehead atoms. The van der Waals surface area contributed by atoms with Crippen molar-refractivity contribution in [2.24, 2.45) is 0 Å². The van der Waals surface area contributed by atoms with Crippen molar-refractivity contribution >= 4 is 17.4 Å². The van der Waals surface area contributed by atoms with Gasteiger partial charge >= 0.3 is 0 Å². The molecule has 0 aliphatic rings. The summed E-state index contributed by atoms with van der Waals surface area (Å²) in [5.41, 5.74) is 3.88. The second-order valence-corrected chi connectivity index (χ2v) is 5.31. The molecule has 0 amide bonds. The van der Waals surface area contributed by atoms with Crippen LogP contribution in [0.3, 0.4) is 0 Å². The summed E-state index contributed by atoms with van der Waals surface area (Å²) < 4.78 is 5.71. The quantitative estimate of drug-likeness (QED) is 0.773. The van der Waals surface area contributed by atoms with Crippen molar-refractivity contribution in [1.29, 1.82) is 0 Å². The van der Waals surface area contributed by atoms with Gasteiger partial charge in [-0.05, 0) is 61.7 Å². The van der Waals surface area contributed by atoms with Crippen LogP contribution >= 0.6 is 11.6 Å². The van der Waals surface area contributed by atoms with Crippen LogP contribution in [0.1, 0.15) is 27.0 Å². The second-order valence-electron chi connectivity index (χ2n) is 4.87. The van der Waals surface area contributed by atoms with Crippen LogP contribution in [0.25, 0.3) is 0 Å². The van der Waals surface area contributed by atoms with Crippen molar-refractivity contribution in [2.75, 3.05) is 6.61 Å². The molecule has 0 radical (unpaired) electrons. The molecular formula is C17H17ClO2. The molecule has 3 heteroatoms. The fourth-order valence-electron chi connectivity index (χ4n) is 2.00. The Morgan fingerprint density at radius 2 is 1.60 bits per heavy atom. The standard InChI is InChI=1S/C17H17ClO2/c1-11-4-5-12(2)17(13(11)3)20-10-16(19)14-6-8-15(18)9-7-14/h4-9H,10H2,1-3H3. The number of rotatable bonds is 4. The normalized spacial score (nSPS) is 10.4. The highest BCUT2D eigenvalue weighted by molar-refractivity contribution is 6.30. The zero-order chi connectivity index (χ0) is 14.7. The molecule has 2 rings (SSSR count). The number of Topliss-reactive ketones (excluding diaryl/α,β-unsaturated/α-hetero) is 1. The van der Waals surface area contributed by atoms with Crippen molar-refractivity contribution in [3.8, 4) is 5.75 Å². The van der Waals surface area contributed by atoms with Crippen LogP contribution in [0.4, 0.5) is 0 Å². The first-order chi connectivity index (χ1) is 9.49. The third kappa shape index (κ3) is 3.20. The van der Waals surface area contributed by atoms with Crippen molar-refractivity contribution < 1.29 is 9.53 Å². The molecule has 0 saturated heterocycles. The minimum absolute atomic E-state index is 0.0345. The van der Waals surface area contributed by atoms with Crippen LogP contribution in [0.5, 0.6) is 5.75 Å². The number of carbonyl (C=O) groups is 1. The molecule has 0 fully saturated rings. The largest absolute Gasteiger partial charge is 0.485 e. The number of hydrogen-bond donors (Lipinski definition) is 0. The molecule has 0 heterocycles. The number of carbonyl (C=O) groups excluding carboxylic acids is 1. The fraction of sp³-hybridized carbons (Fsp3) is 0.235. The van der Waals surface area contributed by atoms with Gasteiger partial charge in [-0.25, -0.2) is 0 Å². The number of hydrogen-bond acceptors (Lipinski definition) is 2. The molecule has 0 spiro atoms. The number of aryl methyl sites for hydroxylation is 2. The summed E-state index contributed by atoms with van der Waals surface area (Å²) in [6.45, 7) is 6.05. The minimum Gasteiger partial charge on any atom is -0.485 e. The maximum Gasteiger partial charge on any atom is 0.200 e. The van der Waals surface area contributed by atoms with Gasteiger partial charge in [-0.15, -0.1) is 0 Å². The van der Waals surface area contributed by atoms with Gasteiger partial charge in [0.1, 0.15) is 5.75 Å². The van der Waals surface area contributed by atoms with Gasteiger partial charge < -0.3 is 4.74 Å². The third-order valence-electron chi connectivity index (χ3n) is 3.39. The van der Waals surface area contributed by atoms with Gasteiger partial charge in [0.25, 0.3) is 0 Å². The Bertz CT molecular complexity index is 630. The Hall–Kier alpha value is -1.80. The van der Waals surface area contributed by atoms with Gasteiger partial charge in [-0.2, -0.15) is 0 Å². The maximum atomic E-state index is 12.1. The van der Waals surface area contributed by atoms with Crippen LogP contribution in [0.2, 0.25) is 5.02 Å². The van der Waals surface area contributed by atoms with E-state index in [1.165, 1.54) is 0 Å². The molecule has 2 aromatic rings. The van der Waals surface area contributed by atoms with Crippen molar-refractivity contribution in [2.45, 2.75) is 20.8 Å². The number of benzene rings is 2. The SMILES string of the molecule is Cc1ccc(C)c(OCC(=O)c2ccc(Cl)cc2)c1C. The summed E-state index contributed by atoms with van der Waals surface area (Å²) in [6, 6.07) is 10.9. The van der Waals surface area contributed by atoms with Crippen molar-refractivity contribution in [3.05, 3.63) is 63.7 Å². The van der Waals surface area contributed by atoms with E-state index in [9.17, 15) is 4.79 Å². The summed E-state index contributed by atoms with van der Waals surface area (Å²) in [7, 11) is 0. The third-order valence-corrected chi connectivity index (χ3v) is 3.64. The van der Waals surface area contributed by atoms with Gasteiger partial charge in [0.05, 0.1) is 0 Å². The number of halogens is 1. The summed E-state index contributed by atoms with van der Waals surface area (Å²) in [5, 5.41) is 0.618. The molecule has 0 N–H and O–H groups in total. The Morgan fingerprint density at radius 3 is 2.25 bits per heavy atom. The molecule has 0 atom stereocenters. The molecule has 0 aromatic heterocycles. The van der Waals surface area contributed by atoms with Gasteiger partial charge in [0, 0.05) is 10.6 Å². The Labute approximate surface area is 124 Å². The molecule has 2 aromatic carbocycles. The molecule has 0 unspecified atom stereocenters. The topological polar surface area (TPSA) is 26.3 Å². The van der Waals surface area contributed by atoms with E-state index in [4.69, 9.17) is 16.3 Å². The van der Waals surface area contributed by atoms with E-state index in [0.717, 1.165) is 22.4 Å². The van der Waals surface area contributed by atoms with Gasteiger partial charge in [-0.1, -0.05) is 23.7 Å². The van der Waals surface area contributed by atoms with Crippen LogP contribution < -0.4 is 4.74 Å². The monoisotopic (exact) mass is 288 g/mol. The Kier molecular flexibility index (Phi) is 4.46. The Balaban J connectivity index is 2.11. The summed E-state index contributed by atoms with van der Waals surface area (Å²) in [5.74, 6) is 0.745. The van der Waals surface area contributed by atoms with E-state index in [0.29, 0.717) is 10.6 Å². The average Bonchev–Trinajstić information content (AvgIpc) is 2.43. The summed E-state index contributed by atoms with van der Waals surface area (Å²) in [6.07, 6.45) is 0. The summed E-state index contributed by atoms with van der Waals surface area (Å²) in [4.78, 5) is 12.1. The van der Waals surface area contributed by atoms with E-state index in [2.05, 4.69) is 6.07 Å². The fourth-order valence-corrected chi connectivity index (χ4v) is 2.13. The van der Waals surface area contributed by atoms with Crippen molar-refractivity contribution in [1.82, 2.24) is 0 Å². The second kappa shape index (κ2) is 6.10. The predicted molar refractivity (Wildman–Crippen MR) is 81.9 cm³/mol. The first-order valence-corrected chi connectivity index (χ1v) is 6.85. The first-order valence-electron chi connectivity index (χ1n) is 6.47. The van der Waals surface area contributed by atoms with Crippen LogP contribution in [0.15, 0.2) is 36.4 Å². The molecule has 0 aliphatic carbocycles. The van der Waals surface area contributed by atoms with E-state index >= 15 is 0 Å². The molecule has 0 aliphatic heterocycles. The Morgan fingerprint density at radius 1 is 1.00 bits per heavy atom. The molecular weight excluding hydrogens is 272 g/mol. The lowest BCUT2D eigenvalue weighted by molar-refractivity contribution is 0.0920. The minimum atomic E-state index is -0.0537. The zero-order valence-electron chi connectivity index (χ0n) is 11.9. The first kappa shape index (κ1) is 14.6. The molecule has 20 heavy (non-hydrogen) atoms. The van der Waals surface area contributed by atoms with E-state index in [-0.39, 0.29) is 12.4 Å². The van der Waals surface area contributed by atoms with Gasteiger partial charge in [0.15, 0.2) is 12.4 Å². The predicted octanol–water partition coefficient (Wildman–Crippen LogP) is 4.53. The number of ketones is 1. The van der Waals surface area contributed by atoms with Crippen LogP contribution in [-0.2, 0) is 0 Å². The lowest BCUT2D eigenvalue weighted by Gasteiger charge is -2.13.